The van der Waals surface area contributed by atoms with Crippen LogP contribution in [-0.2, 0) is 12.8 Å². The van der Waals surface area contributed by atoms with Gasteiger partial charge in [-0.15, -0.1) is 22.7 Å². The van der Waals surface area contributed by atoms with E-state index in [0.29, 0.717) is 0 Å². The number of thiazole rings is 2. The van der Waals surface area contributed by atoms with Crippen LogP contribution >= 0.6 is 22.7 Å². The van der Waals surface area contributed by atoms with Crippen molar-refractivity contribution in [2.45, 2.75) is 25.3 Å². The van der Waals surface area contributed by atoms with E-state index in [1.807, 2.05) is 47.7 Å². The van der Waals surface area contributed by atoms with Crippen molar-refractivity contribution in [3.8, 4) is 10.3 Å². The summed E-state index contributed by atoms with van der Waals surface area (Å²) in [6.07, 6.45) is 9.27. The van der Waals surface area contributed by atoms with Crippen molar-refractivity contribution in [3.63, 3.8) is 0 Å². The predicted octanol–water partition coefficient (Wildman–Crippen LogP) is 3.68. The van der Waals surface area contributed by atoms with Crippen molar-refractivity contribution >= 4 is 22.7 Å². The molecule has 2 N–H and O–H groups in total. The third kappa shape index (κ3) is 3.44. The number of hydrogen-bond donors (Lipinski definition) is 1. The predicted molar refractivity (Wildman–Crippen MR) is 103 cm³/mol. The zero-order valence-corrected chi connectivity index (χ0v) is 15.5. The molecule has 0 spiro atoms. The lowest BCUT2D eigenvalue weighted by molar-refractivity contribution is 0.447. The van der Waals surface area contributed by atoms with E-state index in [0.717, 1.165) is 23.1 Å². The van der Waals surface area contributed by atoms with Crippen molar-refractivity contribution < 1.29 is 0 Å². The van der Waals surface area contributed by atoms with Crippen LogP contribution < -0.4 is 5.73 Å². The summed E-state index contributed by atoms with van der Waals surface area (Å²) in [6, 6.07) is 8.33. The number of aromatic nitrogens is 4. The third-order valence-corrected chi connectivity index (χ3v) is 5.63. The van der Waals surface area contributed by atoms with Crippen LogP contribution in [0, 0.1) is 0 Å². The number of hydrogen-bond acceptors (Lipinski definition) is 5. The van der Waals surface area contributed by atoms with E-state index in [1.54, 1.807) is 22.7 Å². The molecule has 0 fully saturated rings. The molecule has 0 saturated heterocycles. The number of nitrogens with zero attached hydrogens (tertiary/aromatic N) is 4. The summed E-state index contributed by atoms with van der Waals surface area (Å²) in [6.45, 7) is 2.10. The highest BCUT2D eigenvalue weighted by Gasteiger charge is 2.24. The molecule has 0 aliphatic rings. The van der Waals surface area contributed by atoms with Gasteiger partial charge in [0.15, 0.2) is 10.3 Å². The van der Waals surface area contributed by atoms with Gasteiger partial charge in [0.25, 0.3) is 0 Å². The minimum Gasteiger partial charge on any atom is -0.325 e. The SMILES string of the molecule is CC(N)(Cc1cccn1-c1nccs1)Cc1cccn1-c1nccs1. The van der Waals surface area contributed by atoms with Crippen molar-refractivity contribution in [2.75, 3.05) is 0 Å². The van der Waals surface area contributed by atoms with E-state index >= 15 is 0 Å². The molecule has 0 radical (unpaired) electrons. The minimum absolute atomic E-state index is 0.374. The molecular weight excluding hydrogens is 350 g/mol. The first-order valence-electron chi connectivity index (χ1n) is 8.03. The van der Waals surface area contributed by atoms with Crippen LogP contribution in [-0.4, -0.2) is 24.6 Å². The molecule has 4 rings (SSSR count). The molecule has 128 valence electrons. The zero-order chi connectivity index (χ0) is 17.3. The van der Waals surface area contributed by atoms with Gasteiger partial charge in [0.2, 0.25) is 0 Å². The fourth-order valence-electron chi connectivity index (χ4n) is 3.05. The van der Waals surface area contributed by atoms with Gasteiger partial charge in [-0.25, -0.2) is 9.97 Å². The Hall–Kier alpha value is -2.22. The van der Waals surface area contributed by atoms with Crippen molar-refractivity contribution in [1.82, 2.24) is 19.1 Å². The van der Waals surface area contributed by atoms with E-state index in [1.165, 1.54) is 11.4 Å². The molecule has 0 unspecified atom stereocenters. The molecule has 4 aromatic heterocycles. The fraction of sp³-hybridized carbons (Fsp3) is 0.222. The lowest BCUT2D eigenvalue weighted by Crippen LogP contribution is -2.42. The molecular formula is C18H19N5S2. The van der Waals surface area contributed by atoms with Gasteiger partial charge in [-0.2, -0.15) is 0 Å². The number of nitrogens with two attached hydrogens (primary N) is 1. The first-order chi connectivity index (χ1) is 12.1. The molecule has 25 heavy (non-hydrogen) atoms. The lowest BCUT2D eigenvalue weighted by atomic mass is 9.91. The molecule has 5 nitrogen and oxygen atoms in total. The average Bonchev–Trinajstić information content (AvgIpc) is 3.34. The van der Waals surface area contributed by atoms with Gasteiger partial charge in [-0.3, -0.25) is 9.13 Å². The molecule has 4 aromatic rings. The second kappa shape index (κ2) is 6.59. The Morgan fingerprint density at radius 1 is 0.920 bits per heavy atom. The summed E-state index contributed by atoms with van der Waals surface area (Å²) in [5.74, 6) is 0. The smallest absolute Gasteiger partial charge is 0.193 e. The van der Waals surface area contributed by atoms with E-state index in [-0.39, 0.29) is 5.54 Å². The van der Waals surface area contributed by atoms with Gasteiger partial charge >= 0.3 is 0 Å². The summed E-state index contributed by atoms with van der Waals surface area (Å²) in [5, 5.41) is 5.92. The Labute approximate surface area is 154 Å². The maximum absolute atomic E-state index is 6.68. The zero-order valence-electron chi connectivity index (χ0n) is 13.9. The minimum atomic E-state index is -0.374. The van der Waals surface area contributed by atoms with Crippen LogP contribution in [0.2, 0.25) is 0 Å². The first kappa shape index (κ1) is 16.3. The van der Waals surface area contributed by atoms with Crippen molar-refractivity contribution in [1.29, 1.82) is 0 Å². The van der Waals surface area contributed by atoms with Crippen LogP contribution in [0.15, 0.2) is 59.8 Å². The Kier molecular flexibility index (Phi) is 4.29. The van der Waals surface area contributed by atoms with Gasteiger partial charge < -0.3 is 5.73 Å². The normalized spacial score (nSPS) is 11.9. The van der Waals surface area contributed by atoms with Gasteiger partial charge in [0.1, 0.15) is 0 Å². The summed E-state index contributed by atoms with van der Waals surface area (Å²) in [7, 11) is 0. The Balaban J connectivity index is 1.56. The fourth-order valence-corrected chi connectivity index (χ4v) is 4.37. The molecule has 0 bridgehead atoms. The Bertz CT molecular complexity index is 856. The first-order valence-corrected chi connectivity index (χ1v) is 9.79. The summed E-state index contributed by atoms with van der Waals surface area (Å²) < 4.78 is 4.24. The van der Waals surface area contributed by atoms with Gasteiger partial charge in [0.05, 0.1) is 0 Å². The molecule has 0 aromatic carbocycles. The van der Waals surface area contributed by atoms with Crippen LogP contribution in [0.25, 0.3) is 10.3 Å². The summed E-state index contributed by atoms with van der Waals surface area (Å²) in [5.41, 5.74) is 8.66. The summed E-state index contributed by atoms with van der Waals surface area (Å²) >= 11 is 3.25. The standard InChI is InChI=1S/C18H19N5S2/c1-18(19,12-14-4-2-8-22(14)16-20-6-10-24-16)13-15-5-3-9-23(15)17-21-7-11-25-17/h2-11H,12-13,19H2,1H3. The second-order valence-electron chi connectivity index (χ2n) is 6.38. The lowest BCUT2D eigenvalue weighted by Gasteiger charge is -2.25. The van der Waals surface area contributed by atoms with E-state index in [2.05, 4.69) is 38.2 Å². The van der Waals surface area contributed by atoms with Crippen molar-refractivity contribution in [3.05, 3.63) is 71.2 Å². The molecule has 0 atom stereocenters. The summed E-state index contributed by atoms with van der Waals surface area (Å²) in [4.78, 5) is 8.81. The Morgan fingerprint density at radius 2 is 1.40 bits per heavy atom. The average molecular weight is 370 g/mol. The van der Waals surface area contributed by atoms with Gasteiger partial charge in [0, 0.05) is 65.3 Å². The molecule has 7 heteroatoms. The molecule has 4 heterocycles. The highest BCUT2D eigenvalue weighted by molar-refractivity contribution is 7.12. The third-order valence-electron chi connectivity index (χ3n) is 4.09. The monoisotopic (exact) mass is 369 g/mol. The molecule has 0 aliphatic heterocycles. The second-order valence-corrected chi connectivity index (χ2v) is 8.12. The molecule has 0 aliphatic carbocycles. The van der Waals surface area contributed by atoms with E-state index < -0.39 is 0 Å². The van der Waals surface area contributed by atoms with Gasteiger partial charge in [-0.05, 0) is 31.2 Å². The van der Waals surface area contributed by atoms with Crippen molar-refractivity contribution in [2.24, 2.45) is 5.73 Å². The largest absolute Gasteiger partial charge is 0.325 e. The quantitative estimate of drug-likeness (QED) is 0.564. The van der Waals surface area contributed by atoms with Gasteiger partial charge in [-0.1, -0.05) is 0 Å². The highest BCUT2D eigenvalue weighted by atomic mass is 32.1. The maximum Gasteiger partial charge on any atom is 0.193 e. The number of rotatable bonds is 6. The van der Waals surface area contributed by atoms with E-state index in [9.17, 15) is 0 Å². The van der Waals surface area contributed by atoms with Crippen LogP contribution in [0.3, 0.4) is 0 Å². The Morgan fingerprint density at radius 3 is 1.80 bits per heavy atom. The maximum atomic E-state index is 6.68. The van der Waals surface area contributed by atoms with Crippen LogP contribution in [0.1, 0.15) is 18.3 Å². The molecule has 0 amide bonds. The topological polar surface area (TPSA) is 61.7 Å². The molecule has 0 saturated carbocycles. The van der Waals surface area contributed by atoms with Crippen LogP contribution in [0.5, 0.6) is 0 Å². The van der Waals surface area contributed by atoms with E-state index in [4.69, 9.17) is 5.73 Å². The van der Waals surface area contributed by atoms with Crippen LogP contribution in [0.4, 0.5) is 0 Å². The highest BCUT2D eigenvalue weighted by Crippen LogP contribution is 2.23.